The van der Waals surface area contributed by atoms with Gasteiger partial charge in [-0.15, -0.1) is 0 Å². The van der Waals surface area contributed by atoms with Crippen LogP contribution in [0.3, 0.4) is 0 Å². The van der Waals surface area contributed by atoms with Crippen molar-refractivity contribution in [3.05, 3.63) is 52.5 Å². The van der Waals surface area contributed by atoms with Crippen molar-refractivity contribution in [3.8, 4) is 0 Å². The maximum Gasteiger partial charge on any atom is 0.416 e. The van der Waals surface area contributed by atoms with Crippen LogP contribution in [0.2, 0.25) is 5.02 Å². The number of alkyl halides is 3. The van der Waals surface area contributed by atoms with Gasteiger partial charge < -0.3 is 10.2 Å². The van der Waals surface area contributed by atoms with Crippen molar-refractivity contribution in [2.75, 3.05) is 29.6 Å². The molecule has 31 heavy (non-hydrogen) atoms. The van der Waals surface area contributed by atoms with E-state index in [0.717, 1.165) is 50.1 Å². The molecular weight excluding hydrogens is 453 g/mol. The van der Waals surface area contributed by atoms with E-state index in [1.165, 1.54) is 18.2 Å². The maximum absolute atomic E-state index is 13.3. The van der Waals surface area contributed by atoms with Crippen LogP contribution < -0.4 is 10.2 Å². The van der Waals surface area contributed by atoms with Crippen molar-refractivity contribution < 1.29 is 26.4 Å². The molecule has 1 heterocycles. The second-order valence-corrected chi connectivity index (χ2v) is 9.92. The fourth-order valence-corrected chi connectivity index (χ4v) is 4.35. The van der Waals surface area contributed by atoms with E-state index in [4.69, 9.17) is 11.6 Å². The minimum Gasteiger partial charge on any atom is -0.370 e. The zero-order valence-corrected chi connectivity index (χ0v) is 18.4. The van der Waals surface area contributed by atoms with Gasteiger partial charge in [-0.3, -0.25) is 4.79 Å². The highest BCUT2D eigenvalue weighted by atomic mass is 35.5. The molecular formula is C21H22ClF3N2O3S. The summed E-state index contributed by atoms with van der Waals surface area (Å²) >= 11 is 6.08. The molecule has 0 saturated carbocycles. The fraction of sp³-hybridized carbons (Fsp3) is 0.381. The van der Waals surface area contributed by atoms with Crippen molar-refractivity contribution in [2.45, 2.75) is 36.8 Å². The van der Waals surface area contributed by atoms with Crippen LogP contribution in [-0.4, -0.2) is 33.7 Å². The van der Waals surface area contributed by atoms with E-state index in [1.807, 2.05) is 4.90 Å². The smallest absolute Gasteiger partial charge is 0.370 e. The predicted octanol–water partition coefficient (Wildman–Crippen LogP) is 5.40. The van der Waals surface area contributed by atoms with E-state index in [9.17, 15) is 26.4 Å². The molecule has 0 bridgehead atoms. The number of rotatable bonds is 4. The second-order valence-electron chi connectivity index (χ2n) is 7.50. The lowest BCUT2D eigenvalue weighted by Gasteiger charge is -2.26. The summed E-state index contributed by atoms with van der Waals surface area (Å²) < 4.78 is 63.5. The monoisotopic (exact) mass is 474 g/mol. The molecule has 0 spiro atoms. The van der Waals surface area contributed by atoms with Crippen molar-refractivity contribution >= 4 is 38.7 Å². The van der Waals surface area contributed by atoms with Gasteiger partial charge in [0.05, 0.1) is 32.4 Å². The van der Waals surface area contributed by atoms with Gasteiger partial charge in [-0.25, -0.2) is 8.42 Å². The molecule has 0 aromatic heterocycles. The van der Waals surface area contributed by atoms with Crippen LogP contribution in [0.1, 0.15) is 41.6 Å². The van der Waals surface area contributed by atoms with Gasteiger partial charge in [0, 0.05) is 19.3 Å². The first-order chi connectivity index (χ1) is 14.5. The Morgan fingerprint density at radius 1 is 1.03 bits per heavy atom. The number of hydrogen-bond acceptors (Lipinski definition) is 4. The van der Waals surface area contributed by atoms with Gasteiger partial charge in [0.25, 0.3) is 5.91 Å². The number of nitrogens with zero attached hydrogens (tertiary/aromatic N) is 1. The highest BCUT2D eigenvalue weighted by Crippen LogP contribution is 2.36. The minimum atomic E-state index is -4.58. The standard InChI is InChI=1S/C21H22ClF3N2O3S/c1-31(29,30)15-7-8-17(22)16(13-15)20(28)26-18-12-14(21(23,24)25)6-9-19(18)27-10-4-2-3-5-11-27/h6-9,12-13H,2-5,10-11H2,1H3,(H,26,28). The van der Waals surface area contributed by atoms with E-state index in [-0.39, 0.29) is 21.2 Å². The number of carbonyl (C=O) groups is 1. The molecule has 1 fully saturated rings. The van der Waals surface area contributed by atoms with E-state index in [1.54, 1.807) is 0 Å². The Kier molecular flexibility index (Phi) is 6.85. The molecule has 2 aromatic rings. The van der Waals surface area contributed by atoms with Gasteiger partial charge in [0.2, 0.25) is 0 Å². The number of nitrogens with one attached hydrogen (secondary N) is 1. The molecule has 0 aliphatic carbocycles. The Hall–Kier alpha value is -2.26. The topological polar surface area (TPSA) is 66.5 Å². The van der Waals surface area contributed by atoms with Gasteiger partial charge >= 0.3 is 6.18 Å². The summed E-state index contributed by atoms with van der Waals surface area (Å²) in [6.07, 6.45) is 0.277. The predicted molar refractivity (Wildman–Crippen MR) is 115 cm³/mol. The van der Waals surface area contributed by atoms with Crippen molar-refractivity contribution in [2.24, 2.45) is 0 Å². The summed E-state index contributed by atoms with van der Waals surface area (Å²) in [5.41, 5.74) is -0.539. The van der Waals surface area contributed by atoms with Gasteiger partial charge in [-0.2, -0.15) is 13.2 Å². The number of hydrogen-bond donors (Lipinski definition) is 1. The number of amides is 1. The van der Waals surface area contributed by atoms with Gasteiger partial charge in [-0.05, 0) is 49.2 Å². The van der Waals surface area contributed by atoms with Crippen LogP contribution in [0, 0.1) is 0 Å². The van der Waals surface area contributed by atoms with Crippen LogP contribution >= 0.6 is 11.6 Å². The summed E-state index contributed by atoms with van der Waals surface area (Å²) in [5.74, 6) is -0.786. The SMILES string of the molecule is CS(=O)(=O)c1ccc(Cl)c(C(=O)Nc2cc(C(F)(F)F)ccc2N2CCCCCC2)c1. The molecule has 0 atom stereocenters. The maximum atomic E-state index is 13.3. The molecule has 3 rings (SSSR count). The average molecular weight is 475 g/mol. The Morgan fingerprint density at radius 2 is 1.68 bits per heavy atom. The van der Waals surface area contributed by atoms with Gasteiger partial charge in [0.15, 0.2) is 9.84 Å². The van der Waals surface area contributed by atoms with E-state index >= 15 is 0 Å². The van der Waals surface area contributed by atoms with E-state index in [0.29, 0.717) is 18.8 Å². The molecule has 1 aliphatic heterocycles. The molecule has 1 aliphatic rings. The zero-order chi connectivity index (χ0) is 22.8. The molecule has 168 valence electrons. The third-order valence-corrected chi connectivity index (χ3v) is 6.57. The number of carbonyl (C=O) groups excluding carboxylic acids is 1. The third-order valence-electron chi connectivity index (χ3n) is 5.13. The summed E-state index contributed by atoms with van der Waals surface area (Å²) in [5, 5.41) is 2.51. The summed E-state index contributed by atoms with van der Waals surface area (Å²) in [4.78, 5) is 14.7. The number of halogens is 4. The van der Waals surface area contributed by atoms with Crippen molar-refractivity contribution in [1.82, 2.24) is 0 Å². The molecule has 0 radical (unpaired) electrons. The van der Waals surface area contributed by atoms with Gasteiger partial charge in [-0.1, -0.05) is 24.4 Å². The van der Waals surface area contributed by atoms with Gasteiger partial charge in [0.1, 0.15) is 0 Å². The van der Waals surface area contributed by atoms with Crippen molar-refractivity contribution in [3.63, 3.8) is 0 Å². The lowest BCUT2D eigenvalue weighted by Crippen LogP contribution is -2.26. The quantitative estimate of drug-likeness (QED) is 0.644. The molecule has 1 N–H and O–H groups in total. The van der Waals surface area contributed by atoms with Crippen LogP contribution in [0.25, 0.3) is 0 Å². The van der Waals surface area contributed by atoms with E-state index in [2.05, 4.69) is 5.32 Å². The molecule has 10 heteroatoms. The Morgan fingerprint density at radius 3 is 2.26 bits per heavy atom. The highest BCUT2D eigenvalue weighted by Gasteiger charge is 2.32. The molecule has 2 aromatic carbocycles. The number of anilines is 2. The summed E-state index contributed by atoms with van der Waals surface area (Å²) in [6.45, 7) is 1.33. The first-order valence-electron chi connectivity index (χ1n) is 9.74. The van der Waals surface area contributed by atoms with Crippen LogP contribution in [0.4, 0.5) is 24.5 Å². The lowest BCUT2D eigenvalue weighted by atomic mass is 10.1. The Labute approximate surface area is 184 Å². The summed E-state index contributed by atoms with van der Waals surface area (Å²) in [7, 11) is -3.60. The largest absolute Gasteiger partial charge is 0.416 e. The van der Waals surface area contributed by atoms with Crippen LogP contribution in [0.15, 0.2) is 41.3 Å². The average Bonchev–Trinajstić information content (AvgIpc) is 2.96. The second kappa shape index (κ2) is 9.08. The lowest BCUT2D eigenvalue weighted by molar-refractivity contribution is -0.137. The Bertz CT molecular complexity index is 1080. The first kappa shape index (κ1) is 23.4. The minimum absolute atomic E-state index is 0.00236. The van der Waals surface area contributed by atoms with Crippen LogP contribution in [0.5, 0.6) is 0 Å². The fourth-order valence-electron chi connectivity index (χ4n) is 3.50. The highest BCUT2D eigenvalue weighted by molar-refractivity contribution is 7.90. The van der Waals surface area contributed by atoms with E-state index < -0.39 is 27.5 Å². The molecule has 5 nitrogen and oxygen atoms in total. The Balaban J connectivity index is 2.01. The summed E-state index contributed by atoms with van der Waals surface area (Å²) in [6, 6.07) is 6.90. The van der Waals surface area contributed by atoms with Crippen LogP contribution in [-0.2, 0) is 16.0 Å². The number of sulfone groups is 1. The normalized spacial score (nSPS) is 15.5. The number of benzene rings is 2. The molecule has 0 unspecified atom stereocenters. The zero-order valence-electron chi connectivity index (χ0n) is 16.8. The molecule has 1 saturated heterocycles. The first-order valence-corrected chi connectivity index (χ1v) is 12.0. The molecule has 1 amide bonds. The van der Waals surface area contributed by atoms with Crippen molar-refractivity contribution in [1.29, 1.82) is 0 Å². The third kappa shape index (κ3) is 5.71.